The molecule has 2 aromatic rings. The number of fused-ring (bicyclic) bond motifs is 1. The van der Waals surface area contributed by atoms with Gasteiger partial charge in [0.1, 0.15) is 12.4 Å². The number of nitrogens with one attached hydrogen (secondary N) is 1. The van der Waals surface area contributed by atoms with Gasteiger partial charge in [0.25, 0.3) is 0 Å². The Morgan fingerprint density at radius 3 is 2.68 bits per heavy atom. The summed E-state index contributed by atoms with van der Waals surface area (Å²) in [6.45, 7) is 8.65. The lowest BCUT2D eigenvalue weighted by atomic mass is 10.1. The Kier molecular flexibility index (Phi) is 7.52. The van der Waals surface area contributed by atoms with Crippen molar-refractivity contribution in [1.29, 1.82) is 0 Å². The van der Waals surface area contributed by atoms with Gasteiger partial charge in [-0.15, -0.1) is 0 Å². The lowest BCUT2D eigenvalue weighted by Gasteiger charge is -2.26. The molecule has 0 amide bonds. The highest BCUT2D eigenvalue weighted by Gasteiger charge is 2.08. The van der Waals surface area contributed by atoms with Gasteiger partial charge < -0.3 is 19.5 Å². The maximum Gasteiger partial charge on any atom is 0.127 e. The molecule has 0 bridgehead atoms. The van der Waals surface area contributed by atoms with Crippen LogP contribution in [0.3, 0.4) is 0 Å². The third-order valence-electron chi connectivity index (χ3n) is 4.37. The van der Waals surface area contributed by atoms with Gasteiger partial charge in [-0.05, 0) is 11.5 Å². The van der Waals surface area contributed by atoms with Gasteiger partial charge >= 0.3 is 0 Å². The van der Waals surface area contributed by atoms with Crippen LogP contribution in [-0.2, 0) is 9.47 Å². The van der Waals surface area contributed by atoms with Gasteiger partial charge in [-0.25, -0.2) is 0 Å². The van der Waals surface area contributed by atoms with E-state index >= 15 is 0 Å². The van der Waals surface area contributed by atoms with E-state index < -0.39 is 0 Å². The predicted octanol–water partition coefficient (Wildman–Crippen LogP) is 2.16. The molecule has 25 heavy (non-hydrogen) atoms. The van der Waals surface area contributed by atoms with Crippen molar-refractivity contribution in [3.8, 4) is 5.75 Å². The smallest absolute Gasteiger partial charge is 0.127 e. The first-order chi connectivity index (χ1) is 12.4. The Bertz CT molecular complexity index is 624. The molecule has 0 unspecified atom stereocenters. The molecule has 0 saturated carbocycles. The lowest BCUT2D eigenvalue weighted by Crippen LogP contribution is -2.40. The molecule has 1 aliphatic heterocycles. The van der Waals surface area contributed by atoms with Crippen LogP contribution >= 0.6 is 0 Å². The quantitative estimate of drug-likeness (QED) is 0.669. The van der Waals surface area contributed by atoms with Crippen molar-refractivity contribution >= 4 is 10.8 Å². The molecule has 1 saturated heterocycles. The van der Waals surface area contributed by atoms with E-state index in [-0.39, 0.29) is 0 Å². The van der Waals surface area contributed by atoms with Gasteiger partial charge in [0.15, 0.2) is 0 Å². The summed E-state index contributed by atoms with van der Waals surface area (Å²) in [7, 11) is 0. The number of nitrogens with zero attached hydrogens (tertiary/aromatic N) is 1. The summed E-state index contributed by atoms with van der Waals surface area (Å²) in [4.78, 5) is 2.43. The fourth-order valence-electron chi connectivity index (χ4n) is 2.97. The maximum absolute atomic E-state index is 5.86. The third kappa shape index (κ3) is 5.97. The first-order valence-electron chi connectivity index (χ1n) is 9.12. The van der Waals surface area contributed by atoms with Crippen LogP contribution in [0.1, 0.15) is 0 Å². The zero-order valence-electron chi connectivity index (χ0n) is 14.8. The number of morpholine rings is 1. The van der Waals surface area contributed by atoms with E-state index in [9.17, 15) is 0 Å². The van der Waals surface area contributed by atoms with Crippen molar-refractivity contribution in [2.45, 2.75) is 0 Å². The second kappa shape index (κ2) is 10.4. The highest BCUT2D eigenvalue weighted by molar-refractivity contribution is 5.88. The normalized spacial score (nSPS) is 15.5. The van der Waals surface area contributed by atoms with Crippen LogP contribution in [0.25, 0.3) is 10.8 Å². The highest BCUT2D eigenvalue weighted by Crippen LogP contribution is 2.24. The molecule has 3 rings (SSSR count). The Morgan fingerprint density at radius 1 is 0.920 bits per heavy atom. The molecule has 0 radical (unpaired) electrons. The van der Waals surface area contributed by atoms with E-state index in [4.69, 9.17) is 14.2 Å². The number of benzene rings is 2. The Hall–Kier alpha value is -1.66. The zero-order chi connectivity index (χ0) is 17.2. The molecule has 1 N–H and O–H groups in total. The topological polar surface area (TPSA) is 43.0 Å². The largest absolute Gasteiger partial charge is 0.491 e. The van der Waals surface area contributed by atoms with Crippen molar-refractivity contribution in [2.75, 3.05) is 65.8 Å². The number of ether oxygens (including phenoxy) is 3. The van der Waals surface area contributed by atoms with Gasteiger partial charge in [0, 0.05) is 38.1 Å². The van der Waals surface area contributed by atoms with Crippen LogP contribution in [0.4, 0.5) is 0 Å². The summed E-state index contributed by atoms with van der Waals surface area (Å²) < 4.78 is 16.8. The molecule has 0 aromatic heterocycles. The summed E-state index contributed by atoms with van der Waals surface area (Å²) in [6, 6.07) is 14.4. The summed E-state index contributed by atoms with van der Waals surface area (Å²) in [5, 5.41) is 5.76. The molecule has 1 fully saturated rings. The Balaban J connectivity index is 1.23. The maximum atomic E-state index is 5.86. The Morgan fingerprint density at radius 2 is 1.76 bits per heavy atom. The molecule has 5 heteroatoms. The minimum atomic E-state index is 0.571. The van der Waals surface area contributed by atoms with Crippen molar-refractivity contribution in [3.05, 3.63) is 42.5 Å². The van der Waals surface area contributed by atoms with Crippen LogP contribution in [0.5, 0.6) is 5.75 Å². The average molecular weight is 344 g/mol. The average Bonchev–Trinajstić information content (AvgIpc) is 2.67. The van der Waals surface area contributed by atoms with Crippen LogP contribution in [-0.4, -0.2) is 70.7 Å². The first-order valence-corrected chi connectivity index (χ1v) is 9.12. The molecular formula is C20H28N2O3. The van der Waals surface area contributed by atoms with Crippen molar-refractivity contribution < 1.29 is 14.2 Å². The third-order valence-corrected chi connectivity index (χ3v) is 4.37. The van der Waals surface area contributed by atoms with Crippen LogP contribution in [0.15, 0.2) is 42.5 Å². The van der Waals surface area contributed by atoms with Crippen LogP contribution in [0.2, 0.25) is 0 Å². The molecule has 136 valence electrons. The molecule has 2 aromatic carbocycles. The molecule has 1 heterocycles. The van der Waals surface area contributed by atoms with Crippen molar-refractivity contribution in [2.24, 2.45) is 0 Å². The minimum Gasteiger partial charge on any atom is -0.491 e. The van der Waals surface area contributed by atoms with Gasteiger partial charge in [-0.1, -0.05) is 36.4 Å². The molecule has 0 spiro atoms. The summed E-state index contributed by atoms with van der Waals surface area (Å²) >= 11 is 0. The predicted molar refractivity (Wildman–Crippen MR) is 100 cm³/mol. The van der Waals surface area contributed by atoms with Gasteiger partial charge in [0.05, 0.1) is 26.4 Å². The summed E-state index contributed by atoms with van der Waals surface area (Å²) in [6.07, 6.45) is 0. The zero-order valence-corrected chi connectivity index (χ0v) is 14.8. The van der Waals surface area contributed by atoms with Gasteiger partial charge in [-0.3, -0.25) is 4.90 Å². The van der Waals surface area contributed by atoms with Gasteiger partial charge in [0.2, 0.25) is 0 Å². The first kappa shape index (κ1) is 18.1. The summed E-state index contributed by atoms with van der Waals surface area (Å²) in [5.41, 5.74) is 0. The second-order valence-electron chi connectivity index (χ2n) is 6.14. The number of hydrogen-bond acceptors (Lipinski definition) is 5. The van der Waals surface area contributed by atoms with E-state index in [2.05, 4.69) is 28.4 Å². The van der Waals surface area contributed by atoms with E-state index in [0.29, 0.717) is 19.8 Å². The fourth-order valence-corrected chi connectivity index (χ4v) is 2.97. The molecule has 0 aliphatic carbocycles. The standard InChI is InChI=1S/C20H28N2O3/c1-2-6-19-18(4-1)5-3-7-20(19)25-17-16-23-13-9-21-8-10-22-11-14-24-15-12-22/h1-7,21H,8-17H2. The molecular weight excluding hydrogens is 316 g/mol. The Labute approximate surface area is 149 Å². The van der Waals surface area contributed by atoms with Crippen LogP contribution in [0, 0.1) is 0 Å². The molecule has 0 atom stereocenters. The van der Waals surface area contributed by atoms with Crippen molar-refractivity contribution in [1.82, 2.24) is 10.2 Å². The fraction of sp³-hybridized carbons (Fsp3) is 0.500. The van der Waals surface area contributed by atoms with E-state index in [1.807, 2.05) is 24.3 Å². The molecule has 5 nitrogen and oxygen atoms in total. The minimum absolute atomic E-state index is 0.571. The lowest BCUT2D eigenvalue weighted by molar-refractivity contribution is 0.0380. The van der Waals surface area contributed by atoms with Crippen molar-refractivity contribution in [3.63, 3.8) is 0 Å². The highest BCUT2D eigenvalue weighted by atomic mass is 16.5. The van der Waals surface area contributed by atoms with E-state index in [1.54, 1.807) is 0 Å². The number of rotatable bonds is 10. The van der Waals surface area contributed by atoms with E-state index in [1.165, 1.54) is 5.39 Å². The number of hydrogen-bond donors (Lipinski definition) is 1. The van der Waals surface area contributed by atoms with Gasteiger partial charge in [-0.2, -0.15) is 0 Å². The van der Waals surface area contributed by atoms with Crippen LogP contribution < -0.4 is 10.1 Å². The molecule has 1 aliphatic rings. The SMILES string of the molecule is c1ccc2c(OCCOCCNCCN3CCOCC3)cccc2c1. The summed E-state index contributed by atoms with van der Waals surface area (Å²) in [5.74, 6) is 0.922. The second-order valence-corrected chi connectivity index (χ2v) is 6.14. The monoisotopic (exact) mass is 344 g/mol. The van der Waals surface area contributed by atoms with E-state index in [0.717, 1.165) is 57.1 Å².